The number of nitrogens with zero attached hydrogens (tertiary/aromatic N) is 1. The molecule has 0 fully saturated rings. The smallest absolute Gasteiger partial charge is 0.194 e. The first-order valence-electron chi connectivity index (χ1n) is 7.07. The van der Waals surface area contributed by atoms with Gasteiger partial charge in [0.2, 0.25) is 0 Å². The molecule has 0 aromatic heterocycles. The van der Waals surface area contributed by atoms with Crippen molar-refractivity contribution in [2.45, 2.75) is 25.1 Å². The average Bonchev–Trinajstić information content (AvgIpc) is 2.82. The number of fused-ring (bicyclic) bond motifs is 1. The molecule has 2 aromatic carbocycles. The number of aliphatic hydroxyl groups excluding tert-OH is 1. The molecule has 3 rings (SSSR count). The van der Waals surface area contributed by atoms with Gasteiger partial charge >= 0.3 is 0 Å². The second-order valence-corrected chi connectivity index (χ2v) is 5.70. The van der Waals surface area contributed by atoms with Crippen molar-refractivity contribution in [3.05, 3.63) is 70.5 Å². The van der Waals surface area contributed by atoms with E-state index in [4.69, 9.17) is 0 Å². The third-order valence-electron chi connectivity index (χ3n) is 4.21. The molecule has 5 heteroatoms. The molecule has 1 aliphatic carbocycles. The van der Waals surface area contributed by atoms with Crippen molar-refractivity contribution in [3.8, 4) is 0 Å². The van der Waals surface area contributed by atoms with E-state index in [1.54, 1.807) is 7.05 Å². The monoisotopic (exact) mass is 307 g/mol. The van der Waals surface area contributed by atoms with Crippen molar-refractivity contribution < 1.29 is 18.3 Å². The van der Waals surface area contributed by atoms with Crippen LogP contribution in [0.15, 0.2) is 36.4 Å². The lowest BCUT2D eigenvalue weighted by Crippen LogP contribution is -2.34. The summed E-state index contributed by atoms with van der Waals surface area (Å²) in [5.41, 5.74) is 2.29. The van der Waals surface area contributed by atoms with Crippen LogP contribution >= 0.6 is 0 Å². The fraction of sp³-hybridized carbons (Fsp3) is 0.294. The third-order valence-corrected chi connectivity index (χ3v) is 4.21. The Balaban J connectivity index is 1.78. The van der Waals surface area contributed by atoms with Crippen LogP contribution in [0.25, 0.3) is 0 Å². The molecule has 1 N–H and O–H groups in total. The van der Waals surface area contributed by atoms with Crippen LogP contribution in [-0.4, -0.2) is 23.1 Å². The third kappa shape index (κ3) is 2.62. The van der Waals surface area contributed by atoms with E-state index in [1.165, 1.54) is 0 Å². The number of benzene rings is 2. The predicted molar refractivity (Wildman–Crippen MR) is 76.7 cm³/mol. The minimum atomic E-state index is -1.46. The molecular weight excluding hydrogens is 291 g/mol. The van der Waals surface area contributed by atoms with Gasteiger partial charge in [0, 0.05) is 12.6 Å². The van der Waals surface area contributed by atoms with Gasteiger partial charge in [-0.05, 0) is 42.3 Å². The van der Waals surface area contributed by atoms with Crippen molar-refractivity contribution in [2.75, 3.05) is 7.05 Å². The number of rotatable bonds is 3. The summed E-state index contributed by atoms with van der Waals surface area (Å²) < 4.78 is 39.5. The van der Waals surface area contributed by atoms with E-state index in [0.717, 1.165) is 23.3 Å². The Morgan fingerprint density at radius 1 is 1.14 bits per heavy atom. The highest BCUT2D eigenvalue weighted by molar-refractivity contribution is 5.36. The van der Waals surface area contributed by atoms with E-state index in [1.807, 2.05) is 29.2 Å². The molecule has 2 unspecified atom stereocenters. The molecule has 2 nitrogen and oxygen atoms in total. The summed E-state index contributed by atoms with van der Waals surface area (Å²) in [6, 6.07) is 9.43. The summed E-state index contributed by atoms with van der Waals surface area (Å²) in [6.45, 7) is 0.226. The van der Waals surface area contributed by atoms with Gasteiger partial charge in [-0.1, -0.05) is 24.3 Å². The Bertz CT molecular complexity index is 681. The molecule has 0 radical (unpaired) electrons. The first-order valence-corrected chi connectivity index (χ1v) is 7.07. The lowest BCUT2D eigenvalue weighted by atomic mass is 10.1. The Labute approximate surface area is 126 Å². The van der Waals surface area contributed by atoms with Crippen molar-refractivity contribution in [1.29, 1.82) is 0 Å². The maximum Gasteiger partial charge on any atom is 0.194 e. The summed E-state index contributed by atoms with van der Waals surface area (Å²) in [6.07, 6.45) is 0.0244. The van der Waals surface area contributed by atoms with Crippen LogP contribution in [0.2, 0.25) is 0 Å². The van der Waals surface area contributed by atoms with E-state index < -0.39 is 23.6 Å². The molecule has 2 aromatic rings. The molecular formula is C17H16F3NO. The van der Waals surface area contributed by atoms with Crippen LogP contribution in [0.5, 0.6) is 0 Å². The van der Waals surface area contributed by atoms with Crippen molar-refractivity contribution in [1.82, 2.24) is 4.90 Å². The second-order valence-electron chi connectivity index (χ2n) is 5.70. The van der Waals surface area contributed by atoms with Crippen LogP contribution < -0.4 is 0 Å². The van der Waals surface area contributed by atoms with Gasteiger partial charge in [-0.15, -0.1) is 0 Å². The van der Waals surface area contributed by atoms with Gasteiger partial charge in [-0.25, -0.2) is 13.2 Å². The predicted octanol–water partition coefficient (Wildman–Crippen LogP) is 3.19. The SMILES string of the molecule is CN(Cc1cc(F)c(F)c(F)c1)C1Cc2ccccc2C1O. The molecule has 0 heterocycles. The Kier molecular flexibility index (Phi) is 3.93. The molecule has 1 aliphatic rings. The molecule has 116 valence electrons. The zero-order valence-corrected chi connectivity index (χ0v) is 12.1. The van der Waals surface area contributed by atoms with Gasteiger partial charge in [0.1, 0.15) is 0 Å². The summed E-state index contributed by atoms with van der Waals surface area (Å²) in [4.78, 5) is 1.83. The summed E-state index contributed by atoms with van der Waals surface area (Å²) >= 11 is 0. The summed E-state index contributed by atoms with van der Waals surface area (Å²) in [5, 5.41) is 10.4. The first kappa shape index (κ1) is 15.1. The van der Waals surface area contributed by atoms with Crippen molar-refractivity contribution in [3.63, 3.8) is 0 Å². The van der Waals surface area contributed by atoms with Crippen molar-refractivity contribution in [2.24, 2.45) is 0 Å². The van der Waals surface area contributed by atoms with Crippen LogP contribution in [-0.2, 0) is 13.0 Å². The standard InChI is InChI=1S/C17H16F3NO/c1-21(9-10-6-13(18)16(20)14(19)7-10)15-8-11-4-2-3-5-12(11)17(15)22/h2-7,15,17,22H,8-9H2,1H3. The van der Waals surface area contributed by atoms with Gasteiger partial charge in [0.25, 0.3) is 0 Å². The van der Waals surface area contributed by atoms with E-state index in [2.05, 4.69) is 0 Å². The largest absolute Gasteiger partial charge is 0.387 e. The van der Waals surface area contributed by atoms with E-state index in [9.17, 15) is 18.3 Å². The number of hydrogen-bond acceptors (Lipinski definition) is 2. The minimum absolute atomic E-state index is 0.173. The molecule has 0 amide bonds. The maximum absolute atomic E-state index is 13.3. The number of hydrogen-bond donors (Lipinski definition) is 1. The zero-order valence-electron chi connectivity index (χ0n) is 12.1. The van der Waals surface area contributed by atoms with E-state index >= 15 is 0 Å². The minimum Gasteiger partial charge on any atom is -0.387 e. The molecule has 0 spiro atoms. The Morgan fingerprint density at radius 3 is 2.41 bits per heavy atom. The maximum atomic E-state index is 13.3. The zero-order chi connectivity index (χ0) is 15.9. The van der Waals surface area contributed by atoms with Gasteiger partial charge in [0.05, 0.1) is 6.10 Å². The summed E-state index contributed by atoms with van der Waals surface area (Å²) in [7, 11) is 1.78. The van der Waals surface area contributed by atoms with Gasteiger partial charge in [-0.3, -0.25) is 4.90 Å². The molecule has 0 saturated heterocycles. The summed E-state index contributed by atoms with van der Waals surface area (Å²) in [5.74, 6) is -3.85. The van der Waals surface area contributed by atoms with Gasteiger partial charge < -0.3 is 5.11 Å². The lowest BCUT2D eigenvalue weighted by Gasteiger charge is -2.27. The number of halogens is 3. The van der Waals surface area contributed by atoms with E-state index in [0.29, 0.717) is 12.0 Å². The molecule has 0 bridgehead atoms. The van der Waals surface area contributed by atoms with Gasteiger partial charge in [0.15, 0.2) is 17.5 Å². The highest BCUT2D eigenvalue weighted by Crippen LogP contribution is 2.34. The fourth-order valence-electron chi connectivity index (χ4n) is 3.05. The molecule has 22 heavy (non-hydrogen) atoms. The quantitative estimate of drug-likeness (QED) is 0.880. The second kappa shape index (κ2) is 5.74. The average molecular weight is 307 g/mol. The molecule has 0 aliphatic heterocycles. The van der Waals surface area contributed by atoms with Crippen molar-refractivity contribution >= 4 is 0 Å². The van der Waals surface area contributed by atoms with Gasteiger partial charge in [-0.2, -0.15) is 0 Å². The molecule has 2 atom stereocenters. The number of likely N-dealkylation sites (N-methyl/N-ethyl adjacent to an activating group) is 1. The fourth-order valence-corrected chi connectivity index (χ4v) is 3.05. The van der Waals surface area contributed by atoms with Crippen LogP contribution in [0.3, 0.4) is 0 Å². The Morgan fingerprint density at radius 2 is 1.77 bits per heavy atom. The van der Waals surface area contributed by atoms with Crippen LogP contribution in [0.1, 0.15) is 22.8 Å². The normalized spacial score (nSPS) is 20.5. The first-order chi connectivity index (χ1) is 10.5. The number of aliphatic hydroxyl groups is 1. The Hall–Kier alpha value is -1.85. The van der Waals surface area contributed by atoms with Crippen LogP contribution in [0, 0.1) is 17.5 Å². The van der Waals surface area contributed by atoms with Crippen LogP contribution in [0.4, 0.5) is 13.2 Å². The highest BCUT2D eigenvalue weighted by Gasteiger charge is 2.33. The highest BCUT2D eigenvalue weighted by atomic mass is 19.2. The topological polar surface area (TPSA) is 23.5 Å². The van der Waals surface area contributed by atoms with E-state index in [-0.39, 0.29) is 12.6 Å². The lowest BCUT2D eigenvalue weighted by molar-refractivity contribution is 0.0720. The molecule has 0 saturated carbocycles.